The van der Waals surface area contributed by atoms with Gasteiger partial charge in [0.2, 0.25) is 0 Å². The van der Waals surface area contributed by atoms with Gasteiger partial charge in [0.1, 0.15) is 0 Å². The van der Waals surface area contributed by atoms with E-state index < -0.39 is 0 Å². The Hall–Kier alpha value is -3.93. The predicted molar refractivity (Wildman–Crippen MR) is 135 cm³/mol. The number of carbonyl (C=O) groups excluding carboxylic acids is 3. The molecule has 0 spiro atoms. The minimum atomic E-state index is -0.265. The van der Waals surface area contributed by atoms with E-state index in [1.54, 1.807) is 23.1 Å². The third-order valence-electron chi connectivity index (χ3n) is 6.83. The first-order valence-electron chi connectivity index (χ1n) is 12.3. The molecule has 0 saturated heterocycles. The molecule has 3 aromatic rings. The first-order chi connectivity index (χ1) is 17.1. The lowest BCUT2D eigenvalue weighted by Gasteiger charge is -2.29. The van der Waals surface area contributed by atoms with E-state index in [-0.39, 0.29) is 23.9 Å². The van der Waals surface area contributed by atoms with Crippen LogP contribution in [0, 0.1) is 0 Å². The Morgan fingerprint density at radius 1 is 0.771 bits per heavy atom. The molecule has 35 heavy (non-hydrogen) atoms. The van der Waals surface area contributed by atoms with Crippen LogP contribution in [0.25, 0.3) is 0 Å². The summed E-state index contributed by atoms with van der Waals surface area (Å²) in [6.45, 7) is 0.888. The second kappa shape index (κ2) is 10.1. The average molecular weight is 468 g/mol. The van der Waals surface area contributed by atoms with Gasteiger partial charge >= 0.3 is 6.03 Å². The molecule has 0 unspecified atom stereocenters. The molecular weight excluding hydrogens is 438 g/mol. The van der Waals surface area contributed by atoms with Crippen LogP contribution in [0.1, 0.15) is 63.9 Å². The van der Waals surface area contributed by atoms with Gasteiger partial charge in [-0.25, -0.2) is 4.79 Å². The molecule has 5 rings (SSSR count). The largest absolute Gasteiger partial charge is 0.322 e. The molecule has 0 atom stereocenters. The molecule has 1 heterocycles. The fourth-order valence-corrected chi connectivity index (χ4v) is 5.02. The summed E-state index contributed by atoms with van der Waals surface area (Å²) in [5, 5.41) is 2.95. The lowest BCUT2D eigenvalue weighted by molar-refractivity contribution is 0.0549. The lowest BCUT2D eigenvalue weighted by atomic mass is 9.94. The molecule has 4 amide bonds. The number of benzene rings is 3. The highest BCUT2D eigenvalue weighted by atomic mass is 16.2. The van der Waals surface area contributed by atoms with E-state index in [2.05, 4.69) is 5.32 Å². The van der Waals surface area contributed by atoms with E-state index in [4.69, 9.17) is 0 Å². The van der Waals surface area contributed by atoms with Crippen LogP contribution in [-0.2, 0) is 13.1 Å². The number of nitrogens with zero attached hydrogens (tertiary/aromatic N) is 2. The van der Waals surface area contributed by atoms with Crippen molar-refractivity contribution in [2.24, 2.45) is 0 Å². The number of hydrogen-bond acceptors (Lipinski definition) is 3. The molecule has 6 heteroatoms. The Balaban J connectivity index is 1.35. The maximum absolute atomic E-state index is 13.3. The van der Waals surface area contributed by atoms with Crippen LogP contribution < -0.4 is 5.32 Å². The Labute approximate surface area is 205 Å². The summed E-state index contributed by atoms with van der Waals surface area (Å²) in [5.74, 6) is -0.469. The van der Waals surface area contributed by atoms with Crippen molar-refractivity contribution in [1.82, 2.24) is 9.80 Å². The first kappa shape index (κ1) is 22.8. The van der Waals surface area contributed by atoms with Crippen molar-refractivity contribution >= 4 is 23.5 Å². The zero-order valence-corrected chi connectivity index (χ0v) is 19.7. The fraction of sp³-hybridized carbons (Fsp3) is 0.276. The smallest absolute Gasteiger partial charge is 0.316 e. The summed E-state index contributed by atoms with van der Waals surface area (Å²) < 4.78 is 0. The minimum absolute atomic E-state index is 0.0265. The summed E-state index contributed by atoms with van der Waals surface area (Å²) in [5.41, 5.74) is 3.35. The maximum atomic E-state index is 13.3. The van der Waals surface area contributed by atoms with Gasteiger partial charge in [-0.15, -0.1) is 0 Å². The van der Waals surface area contributed by atoms with E-state index in [1.807, 2.05) is 60.7 Å². The van der Waals surface area contributed by atoms with Crippen LogP contribution >= 0.6 is 0 Å². The number of hydrogen-bond donors (Lipinski definition) is 1. The molecule has 6 nitrogen and oxygen atoms in total. The summed E-state index contributed by atoms with van der Waals surface area (Å²) in [6.07, 6.45) is 4.96. The van der Waals surface area contributed by atoms with E-state index in [0.29, 0.717) is 29.9 Å². The first-order valence-corrected chi connectivity index (χ1v) is 12.3. The summed E-state index contributed by atoms with van der Waals surface area (Å²) >= 11 is 0. The van der Waals surface area contributed by atoms with Crippen LogP contribution in [0.5, 0.6) is 0 Å². The van der Waals surface area contributed by atoms with Gasteiger partial charge in [0.25, 0.3) is 11.8 Å². The van der Waals surface area contributed by atoms with E-state index in [0.717, 1.165) is 43.2 Å². The van der Waals surface area contributed by atoms with Crippen molar-refractivity contribution in [3.05, 3.63) is 101 Å². The third kappa shape index (κ3) is 4.97. The number of imide groups is 1. The second-order valence-corrected chi connectivity index (χ2v) is 9.29. The van der Waals surface area contributed by atoms with Crippen LogP contribution in [-0.4, -0.2) is 33.7 Å². The number of rotatable bonds is 6. The number of urea groups is 1. The standard InChI is InChI=1S/C29H29N3O3/c33-27-25-17-16-23(18-26(25)28(34)32(27)24-14-8-3-9-15-24)30-29(35)31(19-21-10-4-1-5-11-21)20-22-12-6-2-7-13-22/h1-2,4-7,10-13,16-18,24H,3,8-9,14-15,19-20H2,(H,30,35). The molecule has 1 fully saturated rings. The maximum Gasteiger partial charge on any atom is 0.322 e. The van der Waals surface area contributed by atoms with E-state index in [1.165, 1.54) is 4.90 Å². The highest BCUT2D eigenvalue weighted by Gasteiger charge is 2.40. The van der Waals surface area contributed by atoms with E-state index in [9.17, 15) is 14.4 Å². The molecule has 3 aromatic carbocycles. The summed E-state index contributed by atoms with van der Waals surface area (Å²) in [4.78, 5) is 42.6. The van der Waals surface area contributed by atoms with Crippen LogP contribution in [0.4, 0.5) is 10.5 Å². The number of anilines is 1. The highest BCUT2D eigenvalue weighted by molar-refractivity contribution is 6.22. The quantitative estimate of drug-likeness (QED) is 0.463. The summed E-state index contributed by atoms with van der Waals surface area (Å²) in [6, 6.07) is 24.4. The number of carbonyl (C=O) groups is 3. The topological polar surface area (TPSA) is 69.7 Å². The molecule has 1 aliphatic carbocycles. The van der Waals surface area contributed by atoms with Crippen molar-refractivity contribution in [2.45, 2.75) is 51.2 Å². The molecule has 2 aliphatic rings. The van der Waals surface area contributed by atoms with Gasteiger partial charge in [-0.2, -0.15) is 0 Å². The van der Waals surface area contributed by atoms with Gasteiger partial charge in [-0.05, 0) is 42.2 Å². The molecule has 1 aliphatic heterocycles. The Morgan fingerprint density at radius 3 is 1.94 bits per heavy atom. The van der Waals surface area contributed by atoms with E-state index >= 15 is 0 Å². The molecule has 0 aromatic heterocycles. The van der Waals surface area contributed by atoms with Gasteiger partial charge in [0.05, 0.1) is 11.1 Å². The molecule has 178 valence electrons. The van der Waals surface area contributed by atoms with Gasteiger partial charge in [-0.3, -0.25) is 14.5 Å². The highest BCUT2D eigenvalue weighted by Crippen LogP contribution is 2.32. The van der Waals surface area contributed by atoms with Crippen LogP contribution in [0.15, 0.2) is 78.9 Å². The Bertz CT molecular complexity index is 1180. The monoisotopic (exact) mass is 467 g/mol. The second-order valence-electron chi connectivity index (χ2n) is 9.29. The molecule has 1 saturated carbocycles. The van der Waals surface area contributed by atoms with Gasteiger partial charge < -0.3 is 10.2 Å². The third-order valence-corrected chi connectivity index (χ3v) is 6.83. The number of fused-ring (bicyclic) bond motifs is 1. The SMILES string of the molecule is O=C(Nc1ccc2c(c1)C(=O)N(C1CCCCC1)C2=O)N(Cc1ccccc1)Cc1ccccc1. The van der Waals surface area contributed by atoms with Gasteiger partial charge in [0.15, 0.2) is 0 Å². The minimum Gasteiger partial charge on any atom is -0.316 e. The normalized spacial score (nSPS) is 15.7. The Morgan fingerprint density at radius 2 is 1.34 bits per heavy atom. The fourth-order valence-electron chi connectivity index (χ4n) is 5.02. The lowest BCUT2D eigenvalue weighted by Crippen LogP contribution is -2.40. The zero-order chi connectivity index (χ0) is 24.2. The number of nitrogens with one attached hydrogen (secondary N) is 1. The molecule has 0 radical (unpaired) electrons. The van der Waals surface area contributed by atoms with Gasteiger partial charge in [0, 0.05) is 24.8 Å². The van der Waals surface area contributed by atoms with Crippen molar-refractivity contribution in [2.75, 3.05) is 5.32 Å². The molecule has 0 bridgehead atoms. The van der Waals surface area contributed by atoms with Crippen LogP contribution in [0.2, 0.25) is 0 Å². The van der Waals surface area contributed by atoms with Crippen molar-refractivity contribution in [1.29, 1.82) is 0 Å². The van der Waals surface area contributed by atoms with Gasteiger partial charge in [-0.1, -0.05) is 79.9 Å². The van der Waals surface area contributed by atoms with Crippen molar-refractivity contribution < 1.29 is 14.4 Å². The molecule has 1 N–H and O–H groups in total. The van der Waals surface area contributed by atoms with Crippen molar-refractivity contribution in [3.63, 3.8) is 0 Å². The average Bonchev–Trinajstić information content (AvgIpc) is 3.14. The number of amides is 4. The zero-order valence-electron chi connectivity index (χ0n) is 19.7. The van der Waals surface area contributed by atoms with Crippen molar-refractivity contribution in [3.8, 4) is 0 Å². The van der Waals surface area contributed by atoms with Crippen LogP contribution in [0.3, 0.4) is 0 Å². The summed E-state index contributed by atoms with van der Waals surface area (Å²) in [7, 11) is 0. The molecular formula is C29H29N3O3. The Kier molecular flexibility index (Phi) is 6.62. The predicted octanol–water partition coefficient (Wildman–Crippen LogP) is 5.85.